The van der Waals surface area contributed by atoms with E-state index in [0.717, 1.165) is 5.56 Å². The molecule has 1 aromatic heterocycles. The van der Waals surface area contributed by atoms with Crippen molar-refractivity contribution in [1.82, 2.24) is 10.3 Å². The van der Waals surface area contributed by atoms with Crippen molar-refractivity contribution >= 4 is 30.0 Å². The van der Waals surface area contributed by atoms with Gasteiger partial charge in [-0.15, -0.1) is 0 Å². The second-order valence-electron chi connectivity index (χ2n) is 10.9. The van der Waals surface area contributed by atoms with Crippen LogP contribution in [0.15, 0.2) is 42.6 Å². The number of ether oxygens (including phenoxy) is 6. The van der Waals surface area contributed by atoms with Crippen LogP contribution in [0.3, 0.4) is 0 Å². The van der Waals surface area contributed by atoms with E-state index in [1.165, 1.54) is 26.3 Å². The van der Waals surface area contributed by atoms with E-state index in [-0.39, 0.29) is 30.4 Å². The fraction of sp³-hybridized carbons (Fsp3) is 0.484. The molecule has 2 aromatic rings. The molecule has 1 aliphatic rings. The predicted molar refractivity (Wildman–Crippen MR) is 154 cm³/mol. The number of hydrogen-bond acceptors (Lipinski definition) is 12. The van der Waals surface area contributed by atoms with Crippen LogP contribution in [0.5, 0.6) is 11.5 Å². The Labute approximate surface area is 255 Å². The Morgan fingerprint density at radius 1 is 1.05 bits per heavy atom. The van der Waals surface area contributed by atoms with Gasteiger partial charge in [-0.2, -0.15) is 0 Å². The highest BCUT2D eigenvalue weighted by molar-refractivity contribution is 5.98. The minimum atomic E-state index is -1.49. The Hall–Kier alpha value is -4.68. The molecule has 0 unspecified atom stereocenters. The molecule has 1 aliphatic heterocycles. The van der Waals surface area contributed by atoms with Crippen LogP contribution in [-0.2, 0) is 39.8 Å². The molecule has 1 fully saturated rings. The van der Waals surface area contributed by atoms with Crippen LogP contribution in [0.25, 0.3) is 0 Å². The van der Waals surface area contributed by atoms with Crippen molar-refractivity contribution in [3.63, 3.8) is 0 Å². The highest BCUT2D eigenvalue weighted by Gasteiger charge is 2.42. The first kappa shape index (κ1) is 33.8. The lowest BCUT2D eigenvalue weighted by atomic mass is 9.91. The van der Waals surface area contributed by atoms with Crippen LogP contribution >= 0.6 is 0 Å². The van der Waals surface area contributed by atoms with Gasteiger partial charge in [0.1, 0.15) is 18.6 Å². The number of nitrogens with zero attached hydrogens (tertiary/aromatic N) is 1. The summed E-state index contributed by atoms with van der Waals surface area (Å²) in [6.07, 6.45) is -1.97. The van der Waals surface area contributed by atoms with Crippen molar-refractivity contribution in [2.24, 2.45) is 17.8 Å². The molecule has 1 saturated heterocycles. The highest BCUT2D eigenvalue weighted by atomic mass is 16.7. The van der Waals surface area contributed by atoms with Gasteiger partial charge in [0, 0.05) is 12.3 Å². The van der Waals surface area contributed by atoms with Gasteiger partial charge in [0.05, 0.1) is 19.6 Å². The second kappa shape index (κ2) is 15.7. The van der Waals surface area contributed by atoms with Crippen LogP contribution in [0.2, 0.25) is 0 Å². The monoisotopic (exact) mass is 614 g/mol. The van der Waals surface area contributed by atoms with Crippen molar-refractivity contribution in [1.29, 1.82) is 0 Å². The molecule has 0 radical (unpaired) electrons. The quantitative estimate of drug-likeness (QED) is 0.307. The lowest BCUT2D eigenvalue weighted by Gasteiger charge is -2.29. The summed E-state index contributed by atoms with van der Waals surface area (Å²) in [7, 11) is 1.30. The van der Waals surface area contributed by atoms with Gasteiger partial charge in [0.15, 0.2) is 23.6 Å². The fourth-order valence-corrected chi connectivity index (χ4v) is 4.18. The highest BCUT2D eigenvalue weighted by Crippen LogP contribution is 2.30. The molecule has 13 nitrogen and oxygen atoms in total. The van der Waals surface area contributed by atoms with Crippen LogP contribution in [0.1, 0.15) is 50.7 Å². The Bertz CT molecular complexity index is 1330. The Morgan fingerprint density at radius 2 is 1.75 bits per heavy atom. The number of cyclic esters (lactones) is 2. The Kier molecular flexibility index (Phi) is 12.1. The minimum Gasteiger partial charge on any atom is -0.493 e. The normalized spacial score (nSPS) is 20.4. The molecular formula is C31H38N2O11. The molecule has 238 valence electrons. The first-order valence-corrected chi connectivity index (χ1v) is 14.2. The summed E-state index contributed by atoms with van der Waals surface area (Å²) >= 11 is 0. The first-order valence-electron chi connectivity index (χ1n) is 14.2. The lowest BCUT2D eigenvalue weighted by molar-refractivity contribution is -0.176. The van der Waals surface area contributed by atoms with Crippen molar-refractivity contribution < 1.29 is 52.4 Å². The summed E-state index contributed by atoms with van der Waals surface area (Å²) in [5.41, 5.74) is 0.370. The second-order valence-corrected chi connectivity index (χ2v) is 10.9. The summed E-state index contributed by atoms with van der Waals surface area (Å²) in [5, 5.41) is 2.43. The zero-order valence-electron chi connectivity index (χ0n) is 25.6. The number of nitrogens with one attached hydrogen (secondary N) is 1. The van der Waals surface area contributed by atoms with Crippen molar-refractivity contribution in [3.8, 4) is 11.5 Å². The maximum Gasteiger partial charge on any atom is 0.514 e. The third-order valence-electron chi connectivity index (χ3n) is 6.49. The van der Waals surface area contributed by atoms with Gasteiger partial charge in [0.25, 0.3) is 5.91 Å². The number of pyridine rings is 1. The maximum atomic E-state index is 13.4. The molecule has 4 atom stereocenters. The number of methoxy groups -OCH3 is 1. The molecule has 0 aliphatic carbocycles. The van der Waals surface area contributed by atoms with Crippen molar-refractivity contribution in [2.75, 3.05) is 20.3 Å². The summed E-state index contributed by atoms with van der Waals surface area (Å²) in [6.45, 7) is 7.91. The smallest absolute Gasteiger partial charge is 0.493 e. The topological polar surface area (TPSA) is 166 Å². The summed E-state index contributed by atoms with van der Waals surface area (Å²) in [6, 6.07) is 8.91. The molecule has 3 rings (SSSR count). The molecular weight excluding hydrogens is 576 g/mol. The number of aromatic nitrogens is 1. The number of rotatable bonds is 10. The Morgan fingerprint density at radius 3 is 2.39 bits per heavy atom. The van der Waals surface area contributed by atoms with Gasteiger partial charge in [0.2, 0.25) is 5.75 Å². The first-order chi connectivity index (χ1) is 20.9. The van der Waals surface area contributed by atoms with E-state index in [2.05, 4.69) is 10.3 Å². The van der Waals surface area contributed by atoms with Gasteiger partial charge in [-0.1, -0.05) is 58.0 Å². The molecule has 0 saturated carbocycles. The van der Waals surface area contributed by atoms with E-state index in [4.69, 9.17) is 28.4 Å². The molecule has 44 heavy (non-hydrogen) atoms. The maximum absolute atomic E-state index is 13.4. The average molecular weight is 615 g/mol. The van der Waals surface area contributed by atoms with E-state index in [0.29, 0.717) is 0 Å². The van der Waals surface area contributed by atoms with Gasteiger partial charge >= 0.3 is 24.1 Å². The van der Waals surface area contributed by atoms with Crippen molar-refractivity contribution in [3.05, 3.63) is 53.9 Å². The van der Waals surface area contributed by atoms with Gasteiger partial charge in [-0.05, 0) is 24.8 Å². The summed E-state index contributed by atoms with van der Waals surface area (Å²) < 4.78 is 32.3. The third-order valence-corrected chi connectivity index (χ3v) is 6.49. The summed E-state index contributed by atoms with van der Waals surface area (Å²) in [4.78, 5) is 68.9. The van der Waals surface area contributed by atoms with Gasteiger partial charge < -0.3 is 33.7 Å². The van der Waals surface area contributed by atoms with Crippen LogP contribution in [-0.4, -0.2) is 73.5 Å². The molecule has 1 aromatic carbocycles. The summed E-state index contributed by atoms with van der Waals surface area (Å²) in [5.74, 6) is -5.09. The molecule has 1 amide bonds. The molecule has 0 spiro atoms. The molecule has 1 N–H and O–H groups in total. The van der Waals surface area contributed by atoms with Crippen LogP contribution in [0.4, 0.5) is 4.79 Å². The van der Waals surface area contributed by atoms with Gasteiger partial charge in [-0.3, -0.25) is 14.4 Å². The van der Waals surface area contributed by atoms with Crippen LogP contribution < -0.4 is 14.8 Å². The van der Waals surface area contributed by atoms with E-state index >= 15 is 0 Å². The SMILES string of the molecule is COc1ccnc(C(=O)N[C@H]2COC(=O)[C@H](Cc3ccccc3)[C@@H](OC(=O)C(C)C)[C@H](C)OC2=O)c1OC(=O)OCC(C)C. The number of carbonyl (C=O) groups excluding carboxylic acids is 5. The standard InChI is InChI=1S/C31H38N2O11/c1-17(2)15-41-31(38)44-26-23(39-6)12-13-32-24(26)27(34)33-22-16-40-29(36)21(14-20-10-8-7-9-11-20)25(19(5)42-30(22)37)43-28(35)18(3)4/h7-13,17-19,21-22,25H,14-16H2,1-6H3,(H,33,34)/t19-,21+,22-,25-/m0/s1. The van der Waals surface area contributed by atoms with E-state index in [1.807, 2.05) is 19.9 Å². The zero-order chi connectivity index (χ0) is 32.4. The van der Waals surface area contributed by atoms with E-state index in [1.54, 1.807) is 38.1 Å². The largest absolute Gasteiger partial charge is 0.514 e. The molecule has 0 bridgehead atoms. The lowest BCUT2D eigenvalue weighted by Crippen LogP contribution is -2.47. The number of carbonyl (C=O) groups is 5. The fourth-order valence-electron chi connectivity index (χ4n) is 4.18. The number of hydrogen-bond donors (Lipinski definition) is 1. The van der Waals surface area contributed by atoms with E-state index in [9.17, 15) is 24.0 Å². The minimum absolute atomic E-state index is 0.00213. The molecule has 2 heterocycles. The van der Waals surface area contributed by atoms with Crippen LogP contribution in [0, 0.1) is 17.8 Å². The number of amides is 1. The predicted octanol–water partition coefficient (Wildman–Crippen LogP) is 3.28. The van der Waals surface area contributed by atoms with Crippen molar-refractivity contribution in [2.45, 2.75) is 59.3 Å². The Balaban J connectivity index is 1.87. The average Bonchev–Trinajstić information content (AvgIpc) is 3.02. The number of esters is 3. The molecule has 13 heteroatoms. The van der Waals surface area contributed by atoms with Gasteiger partial charge in [-0.25, -0.2) is 14.6 Å². The third kappa shape index (κ3) is 9.16. The number of benzene rings is 1. The van der Waals surface area contributed by atoms with E-state index < -0.39 is 72.4 Å². The zero-order valence-corrected chi connectivity index (χ0v) is 25.6.